The minimum atomic E-state index is -0.258. The largest absolute Gasteiger partial charge is 0.336 e. The van der Waals surface area contributed by atoms with Crippen LogP contribution in [0.1, 0.15) is 30.0 Å². The summed E-state index contributed by atoms with van der Waals surface area (Å²) in [5.41, 5.74) is 2.51. The molecule has 3 amide bonds. The average Bonchev–Trinajstić information content (AvgIpc) is 3.07. The zero-order valence-electron chi connectivity index (χ0n) is 12.3. The number of hydrogen-bond donors (Lipinski definition) is 1. The number of imide groups is 1. The summed E-state index contributed by atoms with van der Waals surface area (Å²) >= 11 is 0. The third kappa shape index (κ3) is 2.93. The van der Waals surface area contributed by atoms with Crippen molar-refractivity contribution in [2.75, 3.05) is 26.2 Å². The predicted molar refractivity (Wildman–Crippen MR) is 79.8 cm³/mol. The molecule has 1 unspecified atom stereocenters. The SMILES string of the molecule is Cc1cccc(C2CCCN2CC(=O)N2CCNC2=O)c1. The molecule has 1 aromatic carbocycles. The second-order valence-corrected chi connectivity index (χ2v) is 5.82. The van der Waals surface area contributed by atoms with E-state index in [1.165, 1.54) is 16.0 Å². The molecule has 1 atom stereocenters. The fourth-order valence-electron chi connectivity index (χ4n) is 3.24. The van der Waals surface area contributed by atoms with Gasteiger partial charge in [0.2, 0.25) is 5.91 Å². The molecule has 21 heavy (non-hydrogen) atoms. The maximum Gasteiger partial charge on any atom is 0.324 e. The molecule has 5 nitrogen and oxygen atoms in total. The molecule has 2 saturated heterocycles. The number of urea groups is 1. The summed E-state index contributed by atoms with van der Waals surface area (Å²) in [6.07, 6.45) is 2.17. The van der Waals surface area contributed by atoms with Crippen LogP contribution in [0.15, 0.2) is 24.3 Å². The lowest BCUT2D eigenvalue weighted by molar-refractivity contribution is -0.129. The molecule has 1 aromatic rings. The smallest absolute Gasteiger partial charge is 0.324 e. The van der Waals surface area contributed by atoms with Gasteiger partial charge in [-0.25, -0.2) is 4.79 Å². The van der Waals surface area contributed by atoms with E-state index in [0.29, 0.717) is 25.7 Å². The molecule has 2 heterocycles. The molecule has 3 rings (SSSR count). The molecular formula is C16H21N3O2. The summed E-state index contributed by atoms with van der Waals surface area (Å²) in [4.78, 5) is 27.4. The van der Waals surface area contributed by atoms with E-state index in [0.717, 1.165) is 19.4 Å². The molecule has 0 bridgehead atoms. The van der Waals surface area contributed by atoms with Crippen molar-refractivity contribution in [1.82, 2.24) is 15.1 Å². The normalized spacial score (nSPS) is 22.6. The maximum absolute atomic E-state index is 12.3. The van der Waals surface area contributed by atoms with Gasteiger partial charge in [0.1, 0.15) is 0 Å². The maximum atomic E-state index is 12.3. The molecule has 112 valence electrons. The van der Waals surface area contributed by atoms with Crippen LogP contribution in [-0.2, 0) is 4.79 Å². The molecule has 5 heteroatoms. The molecule has 2 aliphatic rings. The van der Waals surface area contributed by atoms with E-state index in [2.05, 4.69) is 41.4 Å². The topological polar surface area (TPSA) is 52.7 Å². The van der Waals surface area contributed by atoms with Gasteiger partial charge >= 0.3 is 6.03 Å². The lowest BCUT2D eigenvalue weighted by atomic mass is 10.0. The van der Waals surface area contributed by atoms with Crippen LogP contribution < -0.4 is 5.32 Å². The average molecular weight is 287 g/mol. The molecule has 2 fully saturated rings. The van der Waals surface area contributed by atoms with E-state index < -0.39 is 0 Å². The molecule has 2 aliphatic heterocycles. The Balaban J connectivity index is 1.69. The first-order chi connectivity index (χ1) is 10.1. The first-order valence-electron chi connectivity index (χ1n) is 7.54. The van der Waals surface area contributed by atoms with Crippen molar-refractivity contribution < 1.29 is 9.59 Å². The zero-order chi connectivity index (χ0) is 14.8. The molecule has 0 saturated carbocycles. The number of hydrogen-bond acceptors (Lipinski definition) is 3. The van der Waals surface area contributed by atoms with Gasteiger partial charge in [0, 0.05) is 19.1 Å². The van der Waals surface area contributed by atoms with Crippen LogP contribution in [0.2, 0.25) is 0 Å². The van der Waals surface area contributed by atoms with Gasteiger partial charge in [-0.15, -0.1) is 0 Å². The number of aryl methyl sites for hydroxylation is 1. The minimum Gasteiger partial charge on any atom is -0.336 e. The van der Waals surface area contributed by atoms with Crippen molar-refractivity contribution in [1.29, 1.82) is 0 Å². The van der Waals surface area contributed by atoms with Crippen molar-refractivity contribution in [3.63, 3.8) is 0 Å². The van der Waals surface area contributed by atoms with Gasteiger partial charge in [0.15, 0.2) is 0 Å². The number of benzene rings is 1. The second-order valence-electron chi connectivity index (χ2n) is 5.82. The highest BCUT2D eigenvalue weighted by molar-refractivity contribution is 5.96. The number of rotatable bonds is 3. The Labute approximate surface area is 124 Å². The highest BCUT2D eigenvalue weighted by Gasteiger charge is 2.32. The molecular weight excluding hydrogens is 266 g/mol. The second kappa shape index (κ2) is 5.85. The molecule has 1 N–H and O–H groups in total. The highest BCUT2D eigenvalue weighted by atomic mass is 16.2. The summed E-state index contributed by atoms with van der Waals surface area (Å²) in [7, 11) is 0. The summed E-state index contributed by atoms with van der Waals surface area (Å²) in [5.74, 6) is -0.0930. The highest BCUT2D eigenvalue weighted by Crippen LogP contribution is 2.32. The summed E-state index contributed by atoms with van der Waals surface area (Å²) in [5, 5.41) is 2.67. The first-order valence-corrected chi connectivity index (χ1v) is 7.54. The molecule has 0 aliphatic carbocycles. The Morgan fingerprint density at radius 2 is 2.24 bits per heavy atom. The van der Waals surface area contributed by atoms with E-state index in [-0.39, 0.29) is 11.9 Å². The predicted octanol–water partition coefficient (Wildman–Crippen LogP) is 1.68. The standard InChI is InChI=1S/C16H21N3O2/c1-12-4-2-5-13(10-12)14-6-3-8-18(14)11-15(20)19-9-7-17-16(19)21/h2,4-5,10,14H,3,6-9,11H2,1H3,(H,17,21). The van der Waals surface area contributed by atoms with Crippen LogP contribution >= 0.6 is 0 Å². The van der Waals surface area contributed by atoms with E-state index in [1.807, 2.05) is 0 Å². The van der Waals surface area contributed by atoms with Crippen LogP contribution in [0.25, 0.3) is 0 Å². The van der Waals surface area contributed by atoms with E-state index in [1.54, 1.807) is 0 Å². The van der Waals surface area contributed by atoms with Crippen molar-refractivity contribution >= 4 is 11.9 Å². The van der Waals surface area contributed by atoms with Gasteiger partial charge in [0.05, 0.1) is 6.54 Å². The Hall–Kier alpha value is -1.88. The van der Waals surface area contributed by atoms with Gasteiger partial charge in [-0.05, 0) is 31.9 Å². The van der Waals surface area contributed by atoms with Crippen LogP contribution in [0.5, 0.6) is 0 Å². The Kier molecular flexibility index (Phi) is 3.92. The van der Waals surface area contributed by atoms with Crippen LogP contribution in [0.3, 0.4) is 0 Å². The number of nitrogens with zero attached hydrogens (tertiary/aromatic N) is 2. The van der Waals surface area contributed by atoms with Gasteiger partial charge < -0.3 is 5.32 Å². The van der Waals surface area contributed by atoms with Crippen molar-refractivity contribution in [2.45, 2.75) is 25.8 Å². The lowest BCUT2D eigenvalue weighted by Crippen LogP contribution is -2.41. The Bertz CT molecular complexity index is 558. The fraction of sp³-hybridized carbons (Fsp3) is 0.500. The van der Waals surface area contributed by atoms with Gasteiger partial charge in [-0.2, -0.15) is 0 Å². The van der Waals surface area contributed by atoms with Gasteiger partial charge in [-0.3, -0.25) is 14.6 Å². The van der Waals surface area contributed by atoms with Gasteiger partial charge in [0.25, 0.3) is 0 Å². The number of carbonyl (C=O) groups is 2. The summed E-state index contributed by atoms with van der Waals surface area (Å²) in [6, 6.07) is 8.50. The van der Waals surface area contributed by atoms with Crippen molar-refractivity contribution in [3.8, 4) is 0 Å². The third-order valence-corrected chi connectivity index (χ3v) is 4.29. The Morgan fingerprint density at radius 1 is 1.38 bits per heavy atom. The van der Waals surface area contributed by atoms with Crippen LogP contribution in [0.4, 0.5) is 4.79 Å². The number of amides is 3. The van der Waals surface area contributed by atoms with Crippen molar-refractivity contribution in [3.05, 3.63) is 35.4 Å². The lowest BCUT2D eigenvalue weighted by Gasteiger charge is -2.26. The monoisotopic (exact) mass is 287 g/mol. The van der Waals surface area contributed by atoms with E-state index in [4.69, 9.17) is 0 Å². The fourth-order valence-corrected chi connectivity index (χ4v) is 3.24. The third-order valence-electron chi connectivity index (χ3n) is 4.29. The summed E-state index contributed by atoms with van der Waals surface area (Å²) < 4.78 is 0. The molecule has 0 spiro atoms. The zero-order valence-corrected chi connectivity index (χ0v) is 12.3. The van der Waals surface area contributed by atoms with Crippen molar-refractivity contribution in [2.24, 2.45) is 0 Å². The number of nitrogens with one attached hydrogen (secondary N) is 1. The quantitative estimate of drug-likeness (QED) is 0.920. The van der Waals surface area contributed by atoms with E-state index in [9.17, 15) is 9.59 Å². The molecule has 0 radical (unpaired) electrons. The first kappa shape index (κ1) is 14.1. The summed E-state index contributed by atoms with van der Waals surface area (Å²) in [6.45, 7) is 4.38. The Morgan fingerprint density at radius 3 is 2.95 bits per heavy atom. The molecule has 0 aromatic heterocycles. The number of likely N-dealkylation sites (tertiary alicyclic amines) is 1. The van der Waals surface area contributed by atoms with E-state index >= 15 is 0 Å². The van der Waals surface area contributed by atoms with Crippen LogP contribution in [-0.4, -0.2) is 47.9 Å². The van der Waals surface area contributed by atoms with Crippen LogP contribution in [0, 0.1) is 6.92 Å². The van der Waals surface area contributed by atoms with Gasteiger partial charge in [-0.1, -0.05) is 29.8 Å². The minimum absolute atomic E-state index is 0.0930. The number of carbonyl (C=O) groups excluding carboxylic acids is 2.